The zero-order chi connectivity index (χ0) is 10.6. The summed E-state index contributed by atoms with van der Waals surface area (Å²) < 4.78 is 0. The molecule has 1 aromatic heterocycles. The molecule has 1 atom stereocenters. The van der Waals surface area contributed by atoms with Gasteiger partial charge in [-0.15, -0.1) is 0 Å². The van der Waals surface area contributed by atoms with Crippen LogP contribution in [0.5, 0.6) is 0 Å². The molecule has 0 spiro atoms. The number of pyridine rings is 1. The highest BCUT2D eigenvalue weighted by molar-refractivity contribution is 5.27. The summed E-state index contributed by atoms with van der Waals surface area (Å²) in [6.07, 6.45) is 1.28. The summed E-state index contributed by atoms with van der Waals surface area (Å²) in [5.74, 6) is 0. The minimum Gasteiger partial charge on any atom is -0.322 e. The molecular formula is C8H8N4O2. The van der Waals surface area contributed by atoms with Gasteiger partial charge in [-0.25, -0.2) is 0 Å². The van der Waals surface area contributed by atoms with Crippen molar-refractivity contribution in [3.63, 3.8) is 0 Å². The fourth-order valence-electron chi connectivity index (χ4n) is 0.928. The molecule has 1 rings (SSSR count). The first kappa shape index (κ1) is 10.1. The quantitative estimate of drug-likeness (QED) is 0.565. The summed E-state index contributed by atoms with van der Waals surface area (Å²) in [4.78, 5) is 13.6. The van der Waals surface area contributed by atoms with Gasteiger partial charge in [0.1, 0.15) is 6.20 Å². The second-order valence-electron chi connectivity index (χ2n) is 2.67. The van der Waals surface area contributed by atoms with Gasteiger partial charge < -0.3 is 5.73 Å². The summed E-state index contributed by atoms with van der Waals surface area (Å²) in [6, 6.07) is 4.20. The normalized spacial score (nSPS) is 11.7. The molecule has 0 aliphatic rings. The van der Waals surface area contributed by atoms with Crippen molar-refractivity contribution < 1.29 is 4.92 Å². The Morgan fingerprint density at radius 1 is 1.71 bits per heavy atom. The predicted octanol–water partition coefficient (Wildman–Crippen LogP) is 0.903. The van der Waals surface area contributed by atoms with Crippen LogP contribution in [0.15, 0.2) is 18.3 Å². The van der Waals surface area contributed by atoms with E-state index in [0.29, 0.717) is 5.69 Å². The van der Waals surface area contributed by atoms with Crippen molar-refractivity contribution in [3.8, 4) is 6.07 Å². The Kier molecular flexibility index (Phi) is 3.09. The van der Waals surface area contributed by atoms with E-state index in [1.54, 1.807) is 0 Å². The first-order valence-electron chi connectivity index (χ1n) is 3.88. The summed E-state index contributed by atoms with van der Waals surface area (Å²) in [5, 5.41) is 18.7. The van der Waals surface area contributed by atoms with Gasteiger partial charge in [-0.05, 0) is 6.07 Å². The molecule has 72 valence electrons. The molecule has 6 nitrogen and oxygen atoms in total. The molecule has 1 heterocycles. The molecular weight excluding hydrogens is 184 g/mol. The lowest BCUT2D eigenvalue weighted by Crippen LogP contribution is -2.11. The Labute approximate surface area is 80.1 Å². The molecule has 0 aliphatic carbocycles. The van der Waals surface area contributed by atoms with E-state index in [2.05, 4.69) is 4.98 Å². The van der Waals surface area contributed by atoms with Gasteiger partial charge in [0.05, 0.1) is 29.1 Å². The second kappa shape index (κ2) is 4.30. The number of nitrogens with two attached hydrogens (primary N) is 1. The van der Waals surface area contributed by atoms with Crippen LogP contribution in [0.2, 0.25) is 0 Å². The highest BCUT2D eigenvalue weighted by Gasteiger charge is 2.10. The van der Waals surface area contributed by atoms with Gasteiger partial charge in [-0.1, -0.05) is 0 Å². The lowest BCUT2D eigenvalue weighted by atomic mass is 10.1. The molecule has 0 bridgehead atoms. The highest BCUT2D eigenvalue weighted by atomic mass is 16.6. The first-order valence-corrected chi connectivity index (χ1v) is 3.88. The van der Waals surface area contributed by atoms with Gasteiger partial charge >= 0.3 is 0 Å². The maximum absolute atomic E-state index is 10.3. The minimum atomic E-state index is -0.535. The molecule has 1 unspecified atom stereocenters. The van der Waals surface area contributed by atoms with Crippen LogP contribution in [0.25, 0.3) is 0 Å². The number of nitro groups is 1. The van der Waals surface area contributed by atoms with Gasteiger partial charge in [-0.3, -0.25) is 15.1 Å². The molecule has 0 aromatic carbocycles. The number of aromatic nitrogens is 1. The molecule has 2 N–H and O–H groups in total. The Bertz CT molecular complexity index is 368. The minimum absolute atomic E-state index is 0.0853. The molecule has 0 amide bonds. The van der Waals surface area contributed by atoms with Crippen molar-refractivity contribution in [2.75, 3.05) is 0 Å². The lowest BCUT2D eigenvalue weighted by molar-refractivity contribution is -0.385. The third kappa shape index (κ3) is 2.24. The number of nitrogens with zero attached hydrogens (tertiary/aromatic N) is 3. The van der Waals surface area contributed by atoms with Crippen LogP contribution in [0.1, 0.15) is 18.2 Å². The van der Waals surface area contributed by atoms with E-state index in [0.717, 1.165) is 6.20 Å². The Hall–Kier alpha value is -2.00. The van der Waals surface area contributed by atoms with E-state index in [4.69, 9.17) is 11.0 Å². The van der Waals surface area contributed by atoms with Crippen molar-refractivity contribution in [3.05, 3.63) is 34.1 Å². The zero-order valence-electron chi connectivity index (χ0n) is 7.25. The third-order valence-corrected chi connectivity index (χ3v) is 1.67. The Morgan fingerprint density at radius 3 is 2.86 bits per heavy atom. The summed E-state index contributed by atoms with van der Waals surface area (Å²) >= 11 is 0. The van der Waals surface area contributed by atoms with E-state index in [1.807, 2.05) is 6.07 Å². The maximum Gasteiger partial charge on any atom is 0.287 e. The standard InChI is InChI=1S/C8H8N4O2/c9-4-3-7(10)8-2-1-6(5-11-8)12(13)14/h1-2,5,7H,3,10H2. The van der Waals surface area contributed by atoms with E-state index >= 15 is 0 Å². The molecule has 0 aliphatic heterocycles. The smallest absolute Gasteiger partial charge is 0.287 e. The van der Waals surface area contributed by atoms with Crippen LogP contribution in [-0.4, -0.2) is 9.91 Å². The van der Waals surface area contributed by atoms with E-state index in [1.165, 1.54) is 12.1 Å². The van der Waals surface area contributed by atoms with Crippen LogP contribution < -0.4 is 5.73 Å². The SMILES string of the molecule is N#CCC(N)c1ccc([N+](=O)[O-])cn1. The Morgan fingerprint density at radius 2 is 2.43 bits per heavy atom. The van der Waals surface area contributed by atoms with Gasteiger partial charge in [-0.2, -0.15) is 5.26 Å². The molecule has 0 fully saturated rings. The van der Waals surface area contributed by atoms with Crippen LogP contribution in [0.3, 0.4) is 0 Å². The molecule has 14 heavy (non-hydrogen) atoms. The Balaban J connectivity index is 2.84. The first-order chi connectivity index (χ1) is 6.65. The molecule has 0 saturated carbocycles. The van der Waals surface area contributed by atoms with Crippen molar-refractivity contribution >= 4 is 5.69 Å². The molecule has 6 heteroatoms. The second-order valence-corrected chi connectivity index (χ2v) is 2.67. The van der Waals surface area contributed by atoms with Gasteiger partial charge in [0, 0.05) is 6.07 Å². The van der Waals surface area contributed by atoms with E-state index < -0.39 is 11.0 Å². The predicted molar refractivity (Wildman–Crippen MR) is 48.0 cm³/mol. The van der Waals surface area contributed by atoms with Crippen molar-refractivity contribution in [2.24, 2.45) is 5.73 Å². The lowest BCUT2D eigenvalue weighted by Gasteiger charge is -2.04. The number of nitriles is 1. The van der Waals surface area contributed by atoms with Crippen LogP contribution in [-0.2, 0) is 0 Å². The zero-order valence-corrected chi connectivity index (χ0v) is 7.25. The van der Waals surface area contributed by atoms with Crippen LogP contribution in [0.4, 0.5) is 5.69 Å². The van der Waals surface area contributed by atoms with Crippen molar-refractivity contribution in [1.29, 1.82) is 5.26 Å². The van der Waals surface area contributed by atoms with Crippen LogP contribution in [0, 0.1) is 21.4 Å². The fourth-order valence-corrected chi connectivity index (χ4v) is 0.928. The summed E-state index contributed by atoms with van der Waals surface area (Å²) in [7, 11) is 0. The van der Waals surface area contributed by atoms with Crippen molar-refractivity contribution in [1.82, 2.24) is 4.98 Å². The molecule has 0 radical (unpaired) electrons. The van der Waals surface area contributed by atoms with Gasteiger partial charge in [0.25, 0.3) is 5.69 Å². The molecule has 1 aromatic rings. The topological polar surface area (TPSA) is 106 Å². The average molecular weight is 192 g/mol. The van der Waals surface area contributed by atoms with Crippen molar-refractivity contribution in [2.45, 2.75) is 12.5 Å². The summed E-state index contributed by atoms with van der Waals surface area (Å²) in [6.45, 7) is 0. The largest absolute Gasteiger partial charge is 0.322 e. The maximum atomic E-state index is 10.3. The highest BCUT2D eigenvalue weighted by Crippen LogP contribution is 2.14. The van der Waals surface area contributed by atoms with E-state index in [9.17, 15) is 10.1 Å². The van der Waals surface area contributed by atoms with Gasteiger partial charge in [0.15, 0.2) is 0 Å². The van der Waals surface area contributed by atoms with E-state index in [-0.39, 0.29) is 12.1 Å². The average Bonchev–Trinajstić information content (AvgIpc) is 2.18. The number of hydrogen-bond donors (Lipinski definition) is 1. The van der Waals surface area contributed by atoms with Crippen LogP contribution >= 0.6 is 0 Å². The summed E-state index contributed by atoms with van der Waals surface area (Å²) in [5.41, 5.74) is 5.98. The van der Waals surface area contributed by atoms with Gasteiger partial charge in [0.2, 0.25) is 0 Å². The third-order valence-electron chi connectivity index (χ3n) is 1.67. The monoisotopic (exact) mass is 192 g/mol. The fraction of sp³-hybridized carbons (Fsp3) is 0.250. The number of hydrogen-bond acceptors (Lipinski definition) is 5. The molecule has 0 saturated heterocycles. The number of rotatable bonds is 3.